The van der Waals surface area contributed by atoms with E-state index in [1.807, 2.05) is 36.4 Å². The van der Waals surface area contributed by atoms with E-state index in [4.69, 9.17) is 0 Å². The Balaban J connectivity index is 1.48. The maximum absolute atomic E-state index is 13.4. The number of rotatable bonds is 13. The normalized spacial score (nSPS) is 18.7. The fourth-order valence-corrected chi connectivity index (χ4v) is 6.87. The van der Waals surface area contributed by atoms with Crippen molar-refractivity contribution in [3.05, 3.63) is 71.8 Å². The van der Waals surface area contributed by atoms with E-state index >= 15 is 0 Å². The van der Waals surface area contributed by atoms with Gasteiger partial charge in [-0.05, 0) is 42.9 Å². The predicted molar refractivity (Wildman–Crippen MR) is 146 cm³/mol. The monoisotopic (exact) mass is 556 g/mol. The molecule has 2 aromatic rings. The highest BCUT2D eigenvalue weighted by molar-refractivity contribution is 7.89. The number of aliphatic hydroxyl groups excluding tert-OH is 1. The third-order valence-electron chi connectivity index (χ3n) is 7.23. The summed E-state index contributed by atoms with van der Waals surface area (Å²) in [6.07, 6.45) is 3.22. The lowest BCUT2D eigenvalue weighted by Crippen LogP contribution is -2.49. The van der Waals surface area contributed by atoms with E-state index in [1.165, 1.54) is 4.31 Å². The van der Waals surface area contributed by atoms with Crippen molar-refractivity contribution in [2.75, 3.05) is 31.9 Å². The first kappa shape index (κ1) is 28.7. The lowest BCUT2D eigenvalue weighted by molar-refractivity contribution is -0.119. The summed E-state index contributed by atoms with van der Waals surface area (Å²) in [5, 5.41) is 15.5. The number of hydrogen-bond acceptors (Lipinski definition) is 6. The van der Waals surface area contributed by atoms with Gasteiger partial charge in [0.25, 0.3) is 11.8 Å². The Labute approximate surface area is 229 Å². The van der Waals surface area contributed by atoms with Crippen molar-refractivity contribution >= 4 is 27.9 Å². The first-order chi connectivity index (χ1) is 18.7. The van der Waals surface area contributed by atoms with Crippen LogP contribution in [-0.2, 0) is 21.2 Å². The molecule has 1 saturated carbocycles. The van der Waals surface area contributed by atoms with Crippen LogP contribution in [0.2, 0.25) is 0 Å². The van der Waals surface area contributed by atoms with Crippen LogP contribution < -0.4 is 10.6 Å². The zero-order valence-corrected chi connectivity index (χ0v) is 22.7. The van der Waals surface area contributed by atoms with Crippen molar-refractivity contribution in [3.8, 4) is 0 Å². The molecule has 1 heterocycles. The topological polar surface area (TPSA) is 136 Å². The average Bonchev–Trinajstić information content (AvgIpc) is 3.55. The minimum Gasteiger partial charge on any atom is -0.390 e. The van der Waals surface area contributed by atoms with E-state index in [1.54, 1.807) is 29.2 Å². The van der Waals surface area contributed by atoms with Crippen LogP contribution in [0, 0.1) is 5.92 Å². The van der Waals surface area contributed by atoms with E-state index in [2.05, 4.69) is 10.6 Å². The molecule has 2 atom stereocenters. The highest BCUT2D eigenvalue weighted by Gasteiger charge is 2.37. The highest BCUT2D eigenvalue weighted by atomic mass is 32.2. The fourth-order valence-electron chi connectivity index (χ4n) is 5.17. The average molecular weight is 557 g/mol. The Morgan fingerprint density at radius 2 is 1.62 bits per heavy atom. The zero-order valence-electron chi connectivity index (χ0n) is 21.9. The molecule has 11 heteroatoms. The van der Waals surface area contributed by atoms with Gasteiger partial charge in [-0.2, -0.15) is 4.31 Å². The number of benzene rings is 2. The van der Waals surface area contributed by atoms with Crippen LogP contribution in [-0.4, -0.2) is 84.7 Å². The van der Waals surface area contributed by atoms with Gasteiger partial charge in [0, 0.05) is 31.7 Å². The number of imide groups is 1. The predicted octanol–water partition coefficient (Wildman–Crippen LogP) is 1.76. The van der Waals surface area contributed by atoms with Crippen molar-refractivity contribution in [3.63, 3.8) is 0 Å². The molecule has 10 nitrogen and oxygen atoms in total. The molecular weight excluding hydrogens is 520 g/mol. The Morgan fingerprint density at radius 3 is 2.23 bits per heavy atom. The molecule has 0 spiro atoms. The second-order valence-electron chi connectivity index (χ2n) is 10.3. The van der Waals surface area contributed by atoms with Crippen LogP contribution in [0.3, 0.4) is 0 Å². The molecule has 0 radical (unpaired) electrons. The van der Waals surface area contributed by atoms with Crippen LogP contribution in [0.5, 0.6) is 0 Å². The number of aliphatic hydroxyl groups is 1. The molecule has 2 aliphatic rings. The van der Waals surface area contributed by atoms with E-state index in [0.29, 0.717) is 18.5 Å². The number of carbonyl (C=O) groups excluding carboxylic acids is 3. The maximum Gasteiger partial charge on any atom is 0.322 e. The third-order valence-corrected chi connectivity index (χ3v) is 9.07. The second kappa shape index (κ2) is 13.2. The second-order valence-corrected chi connectivity index (χ2v) is 12.3. The summed E-state index contributed by atoms with van der Waals surface area (Å²) in [5.74, 6) is -1.38. The Bertz CT molecular complexity index is 1240. The van der Waals surface area contributed by atoms with E-state index in [9.17, 15) is 27.9 Å². The Kier molecular flexibility index (Phi) is 9.71. The molecule has 4 rings (SSSR count). The summed E-state index contributed by atoms with van der Waals surface area (Å²) in [5.41, 5.74) is 1.52. The molecule has 2 aromatic carbocycles. The number of sulfonamides is 1. The van der Waals surface area contributed by atoms with Crippen molar-refractivity contribution in [2.45, 2.75) is 44.2 Å². The molecule has 4 amide bonds. The molecular formula is C28H36N4O6S. The van der Waals surface area contributed by atoms with Crippen molar-refractivity contribution in [1.29, 1.82) is 0 Å². The van der Waals surface area contributed by atoms with Crippen LogP contribution in [0.15, 0.2) is 60.7 Å². The summed E-state index contributed by atoms with van der Waals surface area (Å²) in [6, 6.07) is 16.6. The van der Waals surface area contributed by atoms with Crippen LogP contribution in [0.4, 0.5) is 4.79 Å². The zero-order chi connectivity index (χ0) is 27.8. The largest absolute Gasteiger partial charge is 0.390 e. The number of nitrogens with zero attached hydrogens (tertiary/aromatic N) is 2. The minimum absolute atomic E-state index is 0.0576. The van der Waals surface area contributed by atoms with Gasteiger partial charge in [-0.25, -0.2) is 13.2 Å². The molecule has 1 aliphatic carbocycles. The lowest BCUT2D eigenvalue weighted by Gasteiger charge is -2.31. The van der Waals surface area contributed by atoms with E-state index in [0.717, 1.165) is 31.2 Å². The Morgan fingerprint density at radius 1 is 0.974 bits per heavy atom. The summed E-state index contributed by atoms with van der Waals surface area (Å²) >= 11 is 0. The first-order valence-electron chi connectivity index (χ1n) is 13.4. The van der Waals surface area contributed by atoms with Crippen LogP contribution in [0.1, 0.15) is 41.6 Å². The number of amides is 4. The number of hydrogen-bond donors (Lipinski definition) is 3. The van der Waals surface area contributed by atoms with Gasteiger partial charge in [-0.1, -0.05) is 61.4 Å². The molecule has 3 N–H and O–H groups in total. The van der Waals surface area contributed by atoms with Crippen molar-refractivity contribution in [2.24, 2.45) is 5.92 Å². The molecule has 1 aliphatic heterocycles. The summed E-state index contributed by atoms with van der Waals surface area (Å²) in [7, 11) is -4.01. The third kappa shape index (κ3) is 8.11. The van der Waals surface area contributed by atoms with Gasteiger partial charge in [-0.15, -0.1) is 0 Å². The lowest BCUT2D eigenvalue weighted by atomic mass is 10.1. The number of urea groups is 1. The SMILES string of the molecule is O=C1NC(=O)C(CS(=O)(=O)N(CC2CCCC2)C[C@@H](O)CN(CCc2ccccc2)C(=O)c2ccccc2)N1. The molecule has 1 saturated heterocycles. The summed E-state index contributed by atoms with van der Waals surface area (Å²) < 4.78 is 28.1. The van der Waals surface area contributed by atoms with Crippen LogP contribution >= 0.6 is 0 Å². The van der Waals surface area contributed by atoms with Crippen LogP contribution in [0.25, 0.3) is 0 Å². The van der Waals surface area contributed by atoms with Crippen molar-refractivity contribution < 1.29 is 27.9 Å². The van der Waals surface area contributed by atoms with Gasteiger partial charge in [0.15, 0.2) is 0 Å². The van der Waals surface area contributed by atoms with Gasteiger partial charge in [0.1, 0.15) is 6.04 Å². The summed E-state index contributed by atoms with van der Waals surface area (Å²) in [4.78, 5) is 38.5. The Hall–Kier alpha value is -3.28. The fraction of sp³-hybridized carbons (Fsp3) is 0.464. The molecule has 0 aromatic heterocycles. The standard InChI is InChI=1S/C28H36N4O6S/c33-24(18-31(16-15-21-9-3-1-4-10-21)27(35)23-13-5-2-6-14-23)19-32(17-22-11-7-8-12-22)39(37,38)20-25-26(34)30-28(36)29-25/h1-6,9-10,13-14,22,24-25,33H,7-8,11-12,15-20H2,(H2,29,30,34,36)/t24-,25?/m0/s1. The van der Waals surface area contributed by atoms with Gasteiger partial charge in [0.05, 0.1) is 11.9 Å². The smallest absolute Gasteiger partial charge is 0.322 e. The first-order valence-corrected chi connectivity index (χ1v) is 15.0. The summed E-state index contributed by atoms with van der Waals surface area (Å²) in [6.45, 7) is 0.291. The van der Waals surface area contributed by atoms with Gasteiger partial charge < -0.3 is 15.3 Å². The van der Waals surface area contributed by atoms with Gasteiger partial charge >= 0.3 is 6.03 Å². The highest BCUT2D eigenvalue weighted by Crippen LogP contribution is 2.27. The molecule has 210 valence electrons. The molecule has 0 bridgehead atoms. The quantitative estimate of drug-likeness (QED) is 0.322. The minimum atomic E-state index is -4.01. The number of carbonyl (C=O) groups is 3. The molecule has 1 unspecified atom stereocenters. The van der Waals surface area contributed by atoms with Crippen molar-refractivity contribution in [1.82, 2.24) is 19.8 Å². The van der Waals surface area contributed by atoms with Gasteiger partial charge in [0.2, 0.25) is 10.0 Å². The molecule has 2 fully saturated rings. The maximum atomic E-state index is 13.4. The van der Waals surface area contributed by atoms with Gasteiger partial charge in [-0.3, -0.25) is 14.9 Å². The van der Waals surface area contributed by atoms with E-state index < -0.39 is 39.9 Å². The van der Waals surface area contributed by atoms with E-state index in [-0.39, 0.29) is 31.5 Å². The number of nitrogens with one attached hydrogen (secondary N) is 2. The molecule has 39 heavy (non-hydrogen) atoms.